The van der Waals surface area contributed by atoms with Gasteiger partial charge in [0.15, 0.2) is 0 Å². The van der Waals surface area contributed by atoms with Crippen LogP contribution in [-0.2, 0) is 0 Å². The van der Waals surface area contributed by atoms with E-state index in [2.05, 4.69) is 41.1 Å². The Morgan fingerprint density at radius 1 is 1.04 bits per heavy atom. The minimum Gasteiger partial charge on any atom is -0.497 e. The highest BCUT2D eigenvalue weighted by Crippen LogP contribution is 2.34. The molecule has 0 radical (unpaired) electrons. The number of ether oxygens (including phenoxy) is 2. The van der Waals surface area contributed by atoms with E-state index in [9.17, 15) is 0 Å². The third kappa shape index (κ3) is 3.91. The van der Waals surface area contributed by atoms with Gasteiger partial charge in [0.2, 0.25) is 5.88 Å². The zero-order valence-corrected chi connectivity index (χ0v) is 15.2. The standard InChI is InChI=1S/C21H24N2O2/c1-15-8-9-18-19(12-15)21(25-11-10-23(2)3)22-14-20(18)16-6-5-7-17(13-16)24-4/h5-9,12-14H,10-11H2,1-4H3. The van der Waals surface area contributed by atoms with E-state index in [0.717, 1.165) is 34.2 Å². The number of likely N-dealkylation sites (N-methyl/N-ethyl adjacent to an activating group) is 1. The van der Waals surface area contributed by atoms with Crippen LogP contribution in [0.3, 0.4) is 0 Å². The van der Waals surface area contributed by atoms with E-state index < -0.39 is 0 Å². The predicted octanol–water partition coefficient (Wildman–Crippen LogP) is 4.16. The lowest BCUT2D eigenvalue weighted by Gasteiger charge is -2.14. The van der Waals surface area contributed by atoms with E-state index in [1.807, 2.05) is 38.5 Å². The van der Waals surface area contributed by atoms with Gasteiger partial charge in [-0.25, -0.2) is 4.98 Å². The van der Waals surface area contributed by atoms with E-state index >= 15 is 0 Å². The highest BCUT2D eigenvalue weighted by molar-refractivity contribution is 5.99. The molecule has 0 aliphatic carbocycles. The molecule has 0 saturated carbocycles. The highest BCUT2D eigenvalue weighted by Gasteiger charge is 2.11. The summed E-state index contributed by atoms with van der Waals surface area (Å²) in [6.45, 7) is 3.55. The summed E-state index contributed by atoms with van der Waals surface area (Å²) in [7, 11) is 5.75. The largest absolute Gasteiger partial charge is 0.497 e. The molecule has 0 bridgehead atoms. The van der Waals surface area contributed by atoms with Crippen molar-refractivity contribution in [3.05, 3.63) is 54.2 Å². The first-order chi connectivity index (χ1) is 12.1. The van der Waals surface area contributed by atoms with E-state index in [1.54, 1.807) is 7.11 Å². The summed E-state index contributed by atoms with van der Waals surface area (Å²) in [6.07, 6.45) is 1.89. The fraction of sp³-hybridized carbons (Fsp3) is 0.286. The molecule has 25 heavy (non-hydrogen) atoms. The number of hydrogen-bond acceptors (Lipinski definition) is 4. The Labute approximate surface area is 149 Å². The first-order valence-corrected chi connectivity index (χ1v) is 8.40. The summed E-state index contributed by atoms with van der Waals surface area (Å²) in [5.41, 5.74) is 3.35. The molecule has 2 aromatic carbocycles. The van der Waals surface area contributed by atoms with Gasteiger partial charge in [-0.15, -0.1) is 0 Å². The fourth-order valence-electron chi connectivity index (χ4n) is 2.79. The van der Waals surface area contributed by atoms with Gasteiger partial charge >= 0.3 is 0 Å². The molecule has 130 valence electrons. The Bertz CT molecular complexity index is 875. The molecule has 0 spiro atoms. The Morgan fingerprint density at radius 2 is 1.88 bits per heavy atom. The van der Waals surface area contributed by atoms with Gasteiger partial charge < -0.3 is 14.4 Å². The number of fused-ring (bicyclic) bond motifs is 1. The third-order valence-electron chi connectivity index (χ3n) is 4.16. The summed E-state index contributed by atoms with van der Waals surface area (Å²) in [6, 6.07) is 14.4. The van der Waals surface area contributed by atoms with Crippen molar-refractivity contribution in [2.45, 2.75) is 6.92 Å². The monoisotopic (exact) mass is 336 g/mol. The quantitative estimate of drug-likeness (QED) is 0.677. The summed E-state index contributed by atoms with van der Waals surface area (Å²) < 4.78 is 11.3. The second-order valence-corrected chi connectivity index (χ2v) is 6.41. The van der Waals surface area contributed by atoms with Crippen molar-refractivity contribution in [1.29, 1.82) is 0 Å². The maximum Gasteiger partial charge on any atom is 0.221 e. The molecule has 0 N–H and O–H groups in total. The molecule has 0 fully saturated rings. The van der Waals surface area contributed by atoms with Crippen molar-refractivity contribution in [3.63, 3.8) is 0 Å². The fourth-order valence-corrected chi connectivity index (χ4v) is 2.79. The smallest absolute Gasteiger partial charge is 0.221 e. The zero-order valence-electron chi connectivity index (χ0n) is 15.2. The molecule has 3 rings (SSSR count). The molecule has 0 unspecified atom stereocenters. The molecule has 0 saturated heterocycles. The van der Waals surface area contributed by atoms with Crippen LogP contribution in [-0.4, -0.2) is 44.2 Å². The molecule has 0 aliphatic heterocycles. The Balaban J connectivity index is 2.06. The predicted molar refractivity (Wildman–Crippen MR) is 103 cm³/mol. The van der Waals surface area contributed by atoms with Gasteiger partial charge in [-0.1, -0.05) is 29.8 Å². The molecular weight excluding hydrogens is 312 g/mol. The van der Waals surface area contributed by atoms with E-state index in [0.29, 0.717) is 12.5 Å². The number of methoxy groups -OCH3 is 1. The van der Waals surface area contributed by atoms with Crippen LogP contribution >= 0.6 is 0 Å². The van der Waals surface area contributed by atoms with Crippen molar-refractivity contribution in [2.75, 3.05) is 34.4 Å². The van der Waals surface area contributed by atoms with E-state index in [-0.39, 0.29) is 0 Å². The van der Waals surface area contributed by atoms with Crippen molar-refractivity contribution in [1.82, 2.24) is 9.88 Å². The molecule has 0 atom stereocenters. The van der Waals surface area contributed by atoms with Crippen LogP contribution < -0.4 is 9.47 Å². The highest BCUT2D eigenvalue weighted by atomic mass is 16.5. The molecule has 0 aliphatic rings. The summed E-state index contributed by atoms with van der Waals surface area (Å²) >= 11 is 0. The molecular formula is C21H24N2O2. The molecule has 4 heteroatoms. The number of nitrogens with zero attached hydrogens (tertiary/aromatic N) is 2. The van der Waals surface area contributed by atoms with Gasteiger partial charge in [0.25, 0.3) is 0 Å². The molecule has 3 aromatic rings. The van der Waals surface area contributed by atoms with Gasteiger partial charge in [0.05, 0.1) is 7.11 Å². The summed E-state index contributed by atoms with van der Waals surface area (Å²) in [5, 5.41) is 2.17. The normalized spacial score (nSPS) is 11.1. The topological polar surface area (TPSA) is 34.6 Å². The first-order valence-electron chi connectivity index (χ1n) is 8.40. The van der Waals surface area contributed by atoms with Gasteiger partial charge in [0.1, 0.15) is 12.4 Å². The van der Waals surface area contributed by atoms with Gasteiger partial charge in [-0.05, 0) is 50.2 Å². The van der Waals surface area contributed by atoms with E-state index in [4.69, 9.17) is 9.47 Å². The second-order valence-electron chi connectivity index (χ2n) is 6.41. The Morgan fingerprint density at radius 3 is 2.64 bits per heavy atom. The number of aryl methyl sites for hydroxylation is 1. The lowest BCUT2D eigenvalue weighted by Crippen LogP contribution is -2.19. The zero-order chi connectivity index (χ0) is 17.8. The van der Waals surface area contributed by atoms with Gasteiger partial charge in [0, 0.05) is 23.7 Å². The summed E-state index contributed by atoms with van der Waals surface area (Å²) in [5.74, 6) is 1.52. The number of rotatable bonds is 6. The number of aromatic nitrogens is 1. The minimum atomic E-state index is 0.613. The minimum absolute atomic E-state index is 0.613. The number of hydrogen-bond donors (Lipinski definition) is 0. The van der Waals surface area contributed by atoms with Crippen LogP contribution in [0.1, 0.15) is 5.56 Å². The van der Waals surface area contributed by atoms with Gasteiger partial charge in [-0.3, -0.25) is 0 Å². The molecule has 0 amide bonds. The van der Waals surface area contributed by atoms with Crippen molar-refractivity contribution in [3.8, 4) is 22.8 Å². The van der Waals surface area contributed by atoms with Crippen LogP contribution in [0.5, 0.6) is 11.6 Å². The maximum absolute atomic E-state index is 5.94. The average Bonchev–Trinajstić information content (AvgIpc) is 2.61. The van der Waals surface area contributed by atoms with Crippen molar-refractivity contribution >= 4 is 10.8 Å². The molecule has 4 nitrogen and oxygen atoms in total. The van der Waals surface area contributed by atoms with Crippen LogP contribution in [0.2, 0.25) is 0 Å². The van der Waals surface area contributed by atoms with Crippen molar-refractivity contribution in [2.24, 2.45) is 0 Å². The molecule has 1 heterocycles. The first kappa shape index (κ1) is 17.2. The third-order valence-corrected chi connectivity index (χ3v) is 4.16. The van der Waals surface area contributed by atoms with Crippen LogP contribution in [0.4, 0.5) is 0 Å². The van der Waals surface area contributed by atoms with E-state index in [1.165, 1.54) is 5.56 Å². The summed E-state index contributed by atoms with van der Waals surface area (Å²) in [4.78, 5) is 6.69. The lowest BCUT2D eigenvalue weighted by atomic mass is 9.99. The lowest BCUT2D eigenvalue weighted by molar-refractivity contribution is 0.256. The number of benzene rings is 2. The SMILES string of the molecule is COc1cccc(-c2cnc(OCCN(C)C)c3cc(C)ccc23)c1. The van der Waals surface area contributed by atoms with Crippen LogP contribution in [0.25, 0.3) is 21.9 Å². The number of pyridine rings is 1. The second kappa shape index (κ2) is 7.53. The Hall–Kier alpha value is -2.59. The van der Waals surface area contributed by atoms with Crippen LogP contribution in [0.15, 0.2) is 48.7 Å². The molecule has 1 aromatic heterocycles. The Kier molecular flexibility index (Phi) is 5.19. The maximum atomic E-state index is 5.94. The average molecular weight is 336 g/mol. The van der Waals surface area contributed by atoms with Crippen LogP contribution in [0, 0.1) is 6.92 Å². The van der Waals surface area contributed by atoms with Gasteiger partial charge in [-0.2, -0.15) is 0 Å². The van der Waals surface area contributed by atoms with Crippen molar-refractivity contribution < 1.29 is 9.47 Å².